The van der Waals surface area contributed by atoms with Crippen LogP contribution in [-0.2, 0) is 6.42 Å². The molecule has 0 N–H and O–H groups in total. The van der Waals surface area contributed by atoms with E-state index in [2.05, 4.69) is 20.9 Å². The van der Waals surface area contributed by atoms with Gasteiger partial charge in [0.25, 0.3) is 0 Å². The smallest absolute Gasteiger partial charge is 0.178 e. The van der Waals surface area contributed by atoms with Gasteiger partial charge in [0.2, 0.25) is 0 Å². The van der Waals surface area contributed by atoms with E-state index in [0.717, 1.165) is 20.1 Å². The van der Waals surface area contributed by atoms with Gasteiger partial charge >= 0.3 is 0 Å². The number of thiazole rings is 1. The van der Waals surface area contributed by atoms with E-state index in [4.69, 9.17) is 0 Å². The molecule has 0 unspecified atom stereocenters. The van der Waals surface area contributed by atoms with E-state index in [1.807, 2.05) is 23.8 Å². The quantitative estimate of drug-likeness (QED) is 0.809. The van der Waals surface area contributed by atoms with Crippen molar-refractivity contribution < 1.29 is 4.79 Å². The Kier molecular flexibility index (Phi) is 3.33. The molecular formula is C10H8BrNOS2. The van der Waals surface area contributed by atoms with Crippen LogP contribution in [0.15, 0.2) is 21.3 Å². The lowest BCUT2D eigenvalue weighted by atomic mass is 10.2. The Bertz CT molecular complexity index is 489. The third-order valence-corrected chi connectivity index (χ3v) is 4.40. The largest absolute Gasteiger partial charge is 0.293 e. The summed E-state index contributed by atoms with van der Waals surface area (Å²) in [5.41, 5.74) is 0.868. The summed E-state index contributed by atoms with van der Waals surface area (Å²) in [5.74, 6) is 0.135. The predicted molar refractivity (Wildman–Crippen MR) is 66.9 cm³/mol. The standard InChI is InChI=1S/C10H8BrNOS2/c1-6-12-8(5-14-6)3-9(13)10-2-7(11)4-15-10/h2,4-5H,3H2,1H3. The number of ketones is 1. The second-order valence-electron chi connectivity index (χ2n) is 3.09. The molecule has 0 aliphatic carbocycles. The molecule has 0 spiro atoms. The third kappa shape index (κ3) is 2.74. The number of aryl methyl sites for hydroxylation is 1. The normalized spacial score (nSPS) is 10.5. The van der Waals surface area contributed by atoms with Crippen molar-refractivity contribution in [3.05, 3.63) is 36.9 Å². The van der Waals surface area contributed by atoms with Crippen LogP contribution in [0, 0.1) is 6.92 Å². The lowest BCUT2D eigenvalue weighted by Gasteiger charge is -1.93. The van der Waals surface area contributed by atoms with E-state index in [0.29, 0.717) is 6.42 Å². The fourth-order valence-electron chi connectivity index (χ4n) is 1.20. The maximum absolute atomic E-state index is 11.8. The molecule has 2 aromatic rings. The lowest BCUT2D eigenvalue weighted by molar-refractivity contribution is 0.0996. The van der Waals surface area contributed by atoms with Crippen LogP contribution in [0.4, 0.5) is 0 Å². The summed E-state index contributed by atoms with van der Waals surface area (Å²) in [6, 6.07) is 1.85. The fourth-order valence-corrected chi connectivity index (χ4v) is 3.18. The Hall–Kier alpha value is -0.520. The van der Waals surface area contributed by atoms with Crippen molar-refractivity contribution in [1.82, 2.24) is 4.98 Å². The maximum Gasteiger partial charge on any atom is 0.178 e. The monoisotopic (exact) mass is 301 g/mol. The second kappa shape index (κ2) is 4.55. The van der Waals surface area contributed by atoms with Crippen LogP contribution in [0.5, 0.6) is 0 Å². The first-order chi connectivity index (χ1) is 7.15. The molecule has 0 atom stereocenters. The van der Waals surface area contributed by atoms with Gasteiger partial charge in [-0.3, -0.25) is 4.79 Å². The number of Topliss-reactive ketones (excluding diaryl/α,β-unsaturated/α-hetero) is 1. The van der Waals surface area contributed by atoms with Gasteiger partial charge in [0.15, 0.2) is 5.78 Å². The number of thiophene rings is 1. The molecule has 0 saturated heterocycles. The number of carbonyl (C=O) groups is 1. The van der Waals surface area contributed by atoms with Gasteiger partial charge in [-0.1, -0.05) is 0 Å². The average molecular weight is 302 g/mol. The number of carbonyl (C=O) groups excluding carboxylic acids is 1. The van der Waals surface area contributed by atoms with Crippen molar-refractivity contribution in [3.63, 3.8) is 0 Å². The number of nitrogens with zero attached hydrogens (tertiary/aromatic N) is 1. The number of rotatable bonds is 3. The number of hydrogen-bond acceptors (Lipinski definition) is 4. The summed E-state index contributed by atoms with van der Waals surface area (Å²) in [4.78, 5) is 16.8. The van der Waals surface area contributed by atoms with E-state index in [-0.39, 0.29) is 5.78 Å². The molecule has 15 heavy (non-hydrogen) atoms. The first kappa shape index (κ1) is 11.0. The summed E-state index contributed by atoms with van der Waals surface area (Å²) in [5, 5.41) is 4.86. The first-order valence-electron chi connectivity index (χ1n) is 4.33. The Balaban J connectivity index is 2.10. The molecule has 0 aliphatic heterocycles. The highest BCUT2D eigenvalue weighted by molar-refractivity contribution is 9.10. The summed E-state index contributed by atoms with van der Waals surface area (Å²) in [6.45, 7) is 1.94. The Morgan fingerprint density at radius 1 is 1.47 bits per heavy atom. The third-order valence-electron chi connectivity index (χ3n) is 1.85. The predicted octanol–water partition coefficient (Wildman–Crippen LogP) is 3.70. The SMILES string of the molecule is Cc1nc(CC(=O)c2cc(Br)cs2)cs1. The van der Waals surface area contributed by atoms with Gasteiger partial charge in [0.1, 0.15) is 0 Å². The first-order valence-corrected chi connectivity index (χ1v) is 6.88. The lowest BCUT2D eigenvalue weighted by Crippen LogP contribution is -2.01. The molecule has 2 rings (SSSR count). The highest BCUT2D eigenvalue weighted by atomic mass is 79.9. The molecule has 0 fully saturated rings. The fraction of sp³-hybridized carbons (Fsp3) is 0.200. The molecule has 2 aromatic heterocycles. The summed E-state index contributed by atoms with van der Waals surface area (Å²) >= 11 is 6.38. The van der Waals surface area contributed by atoms with Crippen LogP contribution in [-0.4, -0.2) is 10.8 Å². The van der Waals surface area contributed by atoms with Crippen LogP contribution >= 0.6 is 38.6 Å². The molecule has 0 bridgehead atoms. The van der Waals surface area contributed by atoms with Crippen LogP contribution in [0.25, 0.3) is 0 Å². The highest BCUT2D eigenvalue weighted by Crippen LogP contribution is 2.21. The molecule has 0 aliphatic rings. The van der Waals surface area contributed by atoms with Crippen LogP contribution in [0.2, 0.25) is 0 Å². The van der Waals surface area contributed by atoms with Gasteiger partial charge in [-0.25, -0.2) is 4.98 Å². The Labute approximate surface area is 104 Å². The van der Waals surface area contributed by atoms with E-state index in [1.54, 1.807) is 11.3 Å². The highest BCUT2D eigenvalue weighted by Gasteiger charge is 2.11. The minimum absolute atomic E-state index is 0.135. The van der Waals surface area contributed by atoms with Crippen molar-refractivity contribution in [2.75, 3.05) is 0 Å². The summed E-state index contributed by atoms with van der Waals surface area (Å²) in [7, 11) is 0. The van der Waals surface area contributed by atoms with Crippen molar-refractivity contribution in [2.24, 2.45) is 0 Å². The average Bonchev–Trinajstić information content (AvgIpc) is 2.75. The van der Waals surface area contributed by atoms with Crippen molar-refractivity contribution in [3.8, 4) is 0 Å². The van der Waals surface area contributed by atoms with E-state index in [1.165, 1.54) is 11.3 Å². The number of hydrogen-bond donors (Lipinski definition) is 0. The van der Waals surface area contributed by atoms with E-state index in [9.17, 15) is 4.79 Å². The molecule has 0 aromatic carbocycles. The summed E-state index contributed by atoms with van der Waals surface area (Å²) in [6.07, 6.45) is 0.400. The van der Waals surface area contributed by atoms with Gasteiger partial charge in [0.05, 0.1) is 22.0 Å². The van der Waals surface area contributed by atoms with Crippen LogP contribution in [0.1, 0.15) is 20.4 Å². The zero-order valence-electron chi connectivity index (χ0n) is 7.99. The van der Waals surface area contributed by atoms with Crippen LogP contribution in [0.3, 0.4) is 0 Å². The number of aromatic nitrogens is 1. The molecule has 0 radical (unpaired) electrons. The van der Waals surface area contributed by atoms with Crippen molar-refractivity contribution >= 4 is 44.4 Å². The topological polar surface area (TPSA) is 30.0 Å². The molecule has 0 saturated carbocycles. The minimum atomic E-state index is 0.135. The minimum Gasteiger partial charge on any atom is -0.293 e. The van der Waals surface area contributed by atoms with Crippen molar-refractivity contribution in [1.29, 1.82) is 0 Å². The molecule has 0 amide bonds. The summed E-state index contributed by atoms with van der Waals surface area (Å²) < 4.78 is 0.963. The zero-order chi connectivity index (χ0) is 10.8. The van der Waals surface area contributed by atoms with Crippen molar-refractivity contribution in [2.45, 2.75) is 13.3 Å². The van der Waals surface area contributed by atoms with Crippen LogP contribution < -0.4 is 0 Å². The molecular weight excluding hydrogens is 294 g/mol. The zero-order valence-corrected chi connectivity index (χ0v) is 11.2. The van der Waals surface area contributed by atoms with E-state index >= 15 is 0 Å². The van der Waals surface area contributed by atoms with Gasteiger partial charge in [-0.15, -0.1) is 22.7 Å². The molecule has 2 heterocycles. The second-order valence-corrected chi connectivity index (χ2v) is 5.98. The molecule has 2 nitrogen and oxygen atoms in total. The van der Waals surface area contributed by atoms with Gasteiger partial charge < -0.3 is 0 Å². The Morgan fingerprint density at radius 2 is 2.27 bits per heavy atom. The van der Waals surface area contributed by atoms with Gasteiger partial charge in [0, 0.05) is 15.2 Å². The number of halogens is 1. The molecule has 78 valence electrons. The van der Waals surface area contributed by atoms with Gasteiger partial charge in [-0.05, 0) is 28.9 Å². The molecule has 5 heteroatoms. The maximum atomic E-state index is 11.8. The van der Waals surface area contributed by atoms with E-state index < -0.39 is 0 Å². The van der Waals surface area contributed by atoms with Gasteiger partial charge in [-0.2, -0.15) is 0 Å². The Morgan fingerprint density at radius 3 is 2.80 bits per heavy atom.